The number of pyridine rings is 2. The molecule has 25 heavy (non-hydrogen) atoms. The van der Waals surface area contributed by atoms with Crippen LogP contribution in [0.3, 0.4) is 0 Å². The van der Waals surface area contributed by atoms with Gasteiger partial charge in [0.05, 0.1) is 6.61 Å². The van der Waals surface area contributed by atoms with Crippen LogP contribution in [0.25, 0.3) is 22.2 Å². The second kappa shape index (κ2) is 7.30. The van der Waals surface area contributed by atoms with Gasteiger partial charge in [-0.2, -0.15) is 0 Å². The molecule has 3 rings (SSSR count). The van der Waals surface area contributed by atoms with E-state index in [1.807, 2.05) is 38.1 Å². The zero-order valence-corrected chi connectivity index (χ0v) is 14.3. The van der Waals surface area contributed by atoms with Crippen molar-refractivity contribution in [1.29, 1.82) is 0 Å². The standard InChI is InChI=1S/C20H20N2O3/c1-3-4-11-25-20(24)17-7-6-16-15(9-10-21-19(16)22-17)14-5-8-18(23)13(2)12-14/h5-10,12,23H,3-4,11H2,1-2H3. The van der Waals surface area contributed by atoms with Gasteiger partial charge in [0.1, 0.15) is 5.75 Å². The largest absolute Gasteiger partial charge is 0.508 e. The fourth-order valence-corrected chi connectivity index (χ4v) is 2.60. The molecule has 0 aliphatic heterocycles. The maximum absolute atomic E-state index is 12.1. The summed E-state index contributed by atoms with van der Waals surface area (Å²) < 4.78 is 5.20. The number of aryl methyl sites for hydroxylation is 1. The fourth-order valence-electron chi connectivity index (χ4n) is 2.60. The van der Waals surface area contributed by atoms with Gasteiger partial charge in [0, 0.05) is 11.6 Å². The SMILES string of the molecule is CCCCOC(=O)c1ccc2c(-c3ccc(O)c(C)c3)ccnc2n1. The Morgan fingerprint density at radius 2 is 2.04 bits per heavy atom. The Morgan fingerprint density at radius 1 is 1.20 bits per heavy atom. The van der Waals surface area contributed by atoms with E-state index < -0.39 is 5.97 Å². The molecule has 0 saturated carbocycles. The van der Waals surface area contributed by atoms with Crippen molar-refractivity contribution in [2.24, 2.45) is 0 Å². The molecule has 0 saturated heterocycles. The lowest BCUT2D eigenvalue weighted by Gasteiger charge is -2.09. The maximum atomic E-state index is 12.1. The van der Waals surface area contributed by atoms with Gasteiger partial charge in [0.25, 0.3) is 0 Å². The van der Waals surface area contributed by atoms with Gasteiger partial charge in [-0.3, -0.25) is 0 Å². The van der Waals surface area contributed by atoms with E-state index >= 15 is 0 Å². The van der Waals surface area contributed by atoms with Crippen molar-refractivity contribution in [3.63, 3.8) is 0 Å². The third kappa shape index (κ3) is 3.60. The fraction of sp³-hybridized carbons (Fsp3) is 0.250. The summed E-state index contributed by atoms with van der Waals surface area (Å²) in [5.41, 5.74) is 3.46. The molecule has 0 unspecified atom stereocenters. The van der Waals surface area contributed by atoms with Crippen molar-refractivity contribution in [2.75, 3.05) is 6.61 Å². The highest BCUT2D eigenvalue weighted by Crippen LogP contribution is 2.30. The average molecular weight is 336 g/mol. The lowest BCUT2D eigenvalue weighted by molar-refractivity contribution is 0.0493. The summed E-state index contributed by atoms with van der Waals surface area (Å²) in [5.74, 6) is -0.166. The number of ether oxygens (including phenoxy) is 1. The first-order valence-corrected chi connectivity index (χ1v) is 8.33. The van der Waals surface area contributed by atoms with Gasteiger partial charge in [-0.05, 0) is 60.4 Å². The molecule has 0 aliphatic rings. The molecule has 0 bridgehead atoms. The van der Waals surface area contributed by atoms with Crippen LogP contribution in [-0.4, -0.2) is 27.7 Å². The Kier molecular flexibility index (Phi) is 4.93. The Morgan fingerprint density at radius 3 is 2.80 bits per heavy atom. The van der Waals surface area contributed by atoms with E-state index in [0.717, 1.165) is 34.9 Å². The zero-order chi connectivity index (χ0) is 17.8. The predicted molar refractivity (Wildman–Crippen MR) is 96.6 cm³/mol. The molecule has 0 fully saturated rings. The van der Waals surface area contributed by atoms with E-state index in [-0.39, 0.29) is 11.4 Å². The third-order valence-electron chi connectivity index (χ3n) is 4.05. The lowest BCUT2D eigenvalue weighted by Crippen LogP contribution is -2.08. The molecule has 2 aromatic heterocycles. The molecule has 5 heteroatoms. The number of benzene rings is 1. The quantitative estimate of drug-likeness (QED) is 0.556. The van der Waals surface area contributed by atoms with E-state index in [4.69, 9.17) is 4.74 Å². The number of aromatic nitrogens is 2. The molecule has 128 valence electrons. The molecule has 3 aromatic rings. The van der Waals surface area contributed by atoms with Gasteiger partial charge in [-0.25, -0.2) is 14.8 Å². The average Bonchev–Trinajstić information content (AvgIpc) is 2.63. The Labute approximate surface area is 146 Å². The Balaban J connectivity index is 1.97. The topological polar surface area (TPSA) is 72.3 Å². The molecule has 0 radical (unpaired) electrons. The van der Waals surface area contributed by atoms with Crippen LogP contribution in [0.4, 0.5) is 0 Å². The number of carbonyl (C=O) groups is 1. The van der Waals surface area contributed by atoms with Crippen LogP contribution < -0.4 is 0 Å². The van der Waals surface area contributed by atoms with E-state index in [0.29, 0.717) is 12.3 Å². The van der Waals surface area contributed by atoms with Gasteiger partial charge in [-0.1, -0.05) is 19.4 Å². The van der Waals surface area contributed by atoms with Crippen molar-refractivity contribution in [1.82, 2.24) is 9.97 Å². The summed E-state index contributed by atoms with van der Waals surface area (Å²) in [4.78, 5) is 20.7. The van der Waals surface area contributed by atoms with E-state index in [1.165, 1.54) is 0 Å². The zero-order valence-electron chi connectivity index (χ0n) is 14.3. The van der Waals surface area contributed by atoms with Gasteiger partial charge in [-0.15, -0.1) is 0 Å². The smallest absolute Gasteiger partial charge is 0.357 e. The third-order valence-corrected chi connectivity index (χ3v) is 4.05. The van der Waals surface area contributed by atoms with Gasteiger partial charge < -0.3 is 9.84 Å². The highest BCUT2D eigenvalue weighted by molar-refractivity contribution is 5.96. The summed E-state index contributed by atoms with van der Waals surface area (Å²) in [7, 11) is 0. The maximum Gasteiger partial charge on any atom is 0.357 e. The summed E-state index contributed by atoms with van der Waals surface area (Å²) in [5, 5.41) is 10.6. The first-order valence-electron chi connectivity index (χ1n) is 8.33. The van der Waals surface area contributed by atoms with Crippen molar-refractivity contribution < 1.29 is 14.6 Å². The number of hydrogen-bond acceptors (Lipinski definition) is 5. The van der Waals surface area contributed by atoms with E-state index in [1.54, 1.807) is 18.3 Å². The second-order valence-electron chi connectivity index (χ2n) is 5.92. The normalized spacial score (nSPS) is 10.8. The van der Waals surface area contributed by atoms with E-state index in [2.05, 4.69) is 9.97 Å². The highest BCUT2D eigenvalue weighted by atomic mass is 16.5. The van der Waals surface area contributed by atoms with Crippen LogP contribution in [0, 0.1) is 6.92 Å². The molecule has 1 aromatic carbocycles. The number of nitrogens with zero attached hydrogens (tertiary/aromatic N) is 2. The molecule has 0 atom stereocenters. The lowest BCUT2D eigenvalue weighted by atomic mass is 10.0. The summed E-state index contributed by atoms with van der Waals surface area (Å²) in [6.07, 6.45) is 3.47. The molecule has 2 heterocycles. The van der Waals surface area contributed by atoms with Crippen molar-refractivity contribution in [2.45, 2.75) is 26.7 Å². The molecule has 5 nitrogen and oxygen atoms in total. The minimum atomic E-state index is -0.428. The second-order valence-corrected chi connectivity index (χ2v) is 5.92. The Bertz CT molecular complexity index is 922. The monoisotopic (exact) mass is 336 g/mol. The van der Waals surface area contributed by atoms with Crippen LogP contribution in [0.1, 0.15) is 35.8 Å². The van der Waals surface area contributed by atoms with Gasteiger partial charge in [0.2, 0.25) is 0 Å². The van der Waals surface area contributed by atoms with Crippen molar-refractivity contribution in [3.05, 3.63) is 53.9 Å². The van der Waals surface area contributed by atoms with Crippen molar-refractivity contribution >= 4 is 17.0 Å². The van der Waals surface area contributed by atoms with Gasteiger partial charge in [0.15, 0.2) is 11.3 Å². The molecular weight excluding hydrogens is 316 g/mol. The number of fused-ring (bicyclic) bond motifs is 1. The van der Waals surface area contributed by atoms with E-state index in [9.17, 15) is 9.90 Å². The van der Waals surface area contributed by atoms with Gasteiger partial charge >= 0.3 is 5.97 Å². The number of carbonyl (C=O) groups excluding carboxylic acids is 1. The van der Waals surface area contributed by atoms with Crippen LogP contribution in [0.15, 0.2) is 42.6 Å². The highest BCUT2D eigenvalue weighted by Gasteiger charge is 2.12. The number of rotatable bonds is 5. The van der Waals surface area contributed by atoms with Crippen molar-refractivity contribution in [3.8, 4) is 16.9 Å². The predicted octanol–water partition coefficient (Wildman–Crippen LogP) is 4.27. The van der Waals surface area contributed by atoms with Crippen LogP contribution in [0.5, 0.6) is 5.75 Å². The molecule has 0 spiro atoms. The number of phenols is 1. The number of unbranched alkanes of at least 4 members (excludes halogenated alkanes) is 1. The van der Waals surface area contributed by atoms with Crippen LogP contribution in [0.2, 0.25) is 0 Å². The first-order chi connectivity index (χ1) is 12.1. The minimum absolute atomic E-state index is 0.259. The minimum Gasteiger partial charge on any atom is -0.508 e. The molecule has 0 aliphatic carbocycles. The molecule has 0 amide bonds. The van der Waals surface area contributed by atoms with Crippen LogP contribution >= 0.6 is 0 Å². The number of phenolic OH excluding ortho intramolecular Hbond substituents is 1. The summed E-state index contributed by atoms with van der Waals surface area (Å²) in [6, 6.07) is 10.8. The number of aromatic hydroxyl groups is 1. The molecular formula is C20H20N2O3. The Hall–Kier alpha value is -2.95. The summed E-state index contributed by atoms with van der Waals surface area (Å²) >= 11 is 0. The van der Waals surface area contributed by atoms with Crippen LogP contribution in [-0.2, 0) is 4.74 Å². The number of esters is 1. The molecule has 1 N–H and O–H groups in total. The number of hydrogen-bond donors (Lipinski definition) is 1. The summed E-state index contributed by atoms with van der Waals surface area (Å²) in [6.45, 7) is 4.29. The first kappa shape index (κ1) is 16.9.